The second-order valence-corrected chi connectivity index (χ2v) is 8.84. The average molecular weight is 487 g/mol. The van der Waals surface area contributed by atoms with Gasteiger partial charge in [-0.05, 0) is 41.6 Å². The summed E-state index contributed by atoms with van der Waals surface area (Å²) in [6.07, 6.45) is 1.39. The molecule has 0 aliphatic carbocycles. The van der Waals surface area contributed by atoms with Gasteiger partial charge in [0.2, 0.25) is 5.91 Å². The van der Waals surface area contributed by atoms with Crippen LogP contribution in [0.2, 0.25) is 5.02 Å². The summed E-state index contributed by atoms with van der Waals surface area (Å²) < 4.78 is 0. The third-order valence-electron chi connectivity index (χ3n) is 5.39. The molecule has 0 N–H and O–H groups in total. The molecule has 2 aromatic rings. The van der Waals surface area contributed by atoms with Crippen LogP contribution in [0.15, 0.2) is 53.4 Å². The van der Waals surface area contributed by atoms with Gasteiger partial charge in [-0.3, -0.25) is 29.4 Å². The number of piperazine rings is 1. The molecule has 170 valence electrons. The molecule has 2 aliphatic heterocycles. The van der Waals surface area contributed by atoms with Crippen molar-refractivity contribution in [1.82, 2.24) is 9.80 Å². The van der Waals surface area contributed by atoms with Crippen molar-refractivity contribution in [1.29, 1.82) is 0 Å². The smallest absolute Gasteiger partial charge is 0.294 e. The molecule has 0 bridgehead atoms. The van der Waals surface area contributed by atoms with Gasteiger partial charge in [0.25, 0.3) is 16.8 Å². The summed E-state index contributed by atoms with van der Waals surface area (Å²) in [6.45, 7) is 1.97. The molecule has 0 spiro atoms. The van der Waals surface area contributed by atoms with Crippen LogP contribution in [0.5, 0.6) is 0 Å². The standard InChI is InChI=1S/C22H19ClN4O5S/c23-17-7-6-15(12-18(17)27(31)32)13-19-21(29)26(22(30)33-19)14-20(28)25-10-8-24(9-11-25)16-4-2-1-3-5-16/h1-7,12-13H,8-11,14H2/b19-13-. The van der Waals surface area contributed by atoms with E-state index in [1.54, 1.807) is 4.90 Å². The number of nitro benzene ring substituents is 1. The number of thioether (sulfide) groups is 1. The van der Waals surface area contributed by atoms with E-state index in [0.29, 0.717) is 43.5 Å². The van der Waals surface area contributed by atoms with Crippen LogP contribution in [-0.4, -0.2) is 64.5 Å². The highest BCUT2D eigenvalue weighted by Gasteiger charge is 2.37. The molecule has 0 aromatic heterocycles. The van der Waals surface area contributed by atoms with E-state index in [2.05, 4.69) is 4.90 Å². The van der Waals surface area contributed by atoms with Crippen molar-refractivity contribution in [3.63, 3.8) is 0 Å². The third-order valence-corrected chi connectivity index (χ3v) is 6.61. The molecule has 0 unspecified atom stereocenters. The van der Waals surface area contributed by atoms with Gasteiger partial charge in [-0.2, -0.15) is 0 Å². The van der Waals surface area contributed by atoms with Crippen molar-refractivity contribution in [2.45, 2.75) is 0 Å². The average Bonchev–Trinajstić information content (AvgIpc) is 3.08. The number of halogens is 1. The van der Waals surface area contributed by atoms with Crippen LogP contribution in [-0.2, 0) is 9.59 Å². The number of carbonyl (C=O) groups excluding carboxylic acids is 3. The van der Waals surface area contributed by atoms with Crippen LogP contribution in [0.1, 0.15) is 5.56 Å². The Balaban J connectivity index is 1.39. The van der Waals surface area contributed by atoms with Gasteiger partial charge in [-0.15, -0.1) is 0 Å². The van der Waals surface area contributed by atoms with Gasteiger partial charge in [0, 0.05) is 37.9 Å². The Hall–Kier alpha value is -3.37. The first-order chi connectivity index (χ1) is 15.8. The van der Waals surface area contributed by atoms with Crippen LogP contribution in [0.3, 0.4) is 0 Å². The summed E-state index contributed by atoms with van der Waals surface area (Å²) in [4.78, 5) is 53.2. The first kappa shape index (κ1) is 22.8. The lowest BCUT2D eigenvalue weighted by atomic mass is 10.2. The Kier molecular flexibility index (Phi) is 6.66. The number of benzene rings is 2. The summed E-state index contributed by atoms with van der Waals surface area (Å²) in [5.74, 6) is -0.896. The SMILES string of the molecule is O=C(CN1C(=O)S/C(=C\c2ccc(Cl)c([N+](=O)[O-])c2)C1=O)N1CCN(c2ccccc2)CC1. The van der Waals surface area contributed by atoms with Crippen molar-refractivity contribution < 1.29 is 19.3 Å². The highest BCUT2D eigenvalue weighted by molar-refractivity contribution is 8.18. The number of para-hydroxylation sites is 1. The van der Waals surface area contributed by atoms with E-state index in [9.17, 15) is 24.5 Å². The predicted octanol–water partition coefficient (Wildman–Crippen LogP) is 3.63. The second-order valence-electron chi connectivity index (χ2n) is 7.44. The maximum atomic E-state index is 12.8. The fourth-order valence-corrected chi connectivity index (χ4v) is 4.66. The minimum atomic E-state index is -0.623. The Morgan fingerprint density at radius 3 is 2.45 bits per heavy atom. The minimum Gasteiger partial charge on any atom is -0.368 e. The van der Waals surface area contributed by atoms with E-state index >= 15 is 0 Å². The molecule has 11 heteroatoms. The molecular weight excluding hydrogens is 468 g/mol. The van der Waals surface area contributed by atoms with Crippen molar-refractivity contribution in [3.8, 4) is 0 Å². The molecular formula is C22H19ClN4O5S. The van der Waals surface area contributed by atoms with Gasteiger partial charge >= 0.3 is 0 Å². The highest BCUT2D eigenvalue weighted by atomic mass is 35.5. The molecule has 9 nitrogen and oxygen atoms in total. The summed E-state index contributed by atoms with van der Waals surface area (Å²) in [5.41, 5.74) is 1.15. The first-order valence-corrected chi connectivity index (χ1v) is 11.3. The summed E-state index contributed by atoms with van der Waals surface area (Å²) >= 11 is 6.51. The third kappa shape index (κ3) is 5.01. The van der Waals surface area contributed by atoms with Gasteiger partial charge in [0.15, 0.2) is 0 Å². The molecule has 0 atom stereocenters. The predicted molar refractivity (Wildman–Crippen MR) is 126 cm³/mol. The highest BCUT2D eigenvalue weighted by Crippen LogP contribution is 2.33. The zero-order valence-corrected chi connectivity index (χ0v) is 18.9. The zero-order valence-electron chi connectivity index (χ0n) is 17.3. The lowest BCUT2D eigenvalue weighted by Gasteiger charge is -2.36. The molecule has 0 saturated carbocycles. The Morgan fingerprint density at radius 2 is 1.79 bits per heavy atom. The quantitative estimate of drug-likeness (QED) is 0.361. The molecule has 2 heterocycles. The van der Waals surface area contributed by atoms with E-state index < -0.39 is 16.1 Å². The number of carbonyl (C=O) groups is 3. The van der Waals surface area contributed by atoms with E-state index in [1.807, 2.05) is 30.3 Å². The fourth-order valence-electron chi connectivity index (χ4n) is 3.64. The molecule has 0 radical (unpaired) electrons. The van der Waals surface area contributed by atoms with Crippen LogP contribution in [0, 0.1) is 10.1 Å². The van der Waals surface area contributed by atoms with Gasteiger partial charge < -0.3 is 9.80 Å². The Bertz CT molecular complexity index is 1150. The molecule has 3 amide bonds. The van der Waals surface area contributed by atoms with Crippen molar-refractivity contribution in [2.24, 2.45) is 0 Å². The molecule has 2 saturated heterocycles. The monoisotopic (exact) mass is 486 g/mol. The summed E-state index contributed by atoms with van der Waals surface area (Å²) in [7, 11) is 0. The minimum absolute atomic E-state index is 0.0248. The topological polar surface area (TPSA) is 104 Å². The van der Waals surface area contributed by atoms with E-state index in [1.165, 1.54) is 24.3 Å². The number of nitrogens with zero attached hydrogens (tertiary/aromatic N) is 4. The molecule has 2 aromatic carbocycles. The van der Waals surface area contributed by atoms with Crippen LogP contribution >= 0.6 is 23.4 Å². The van der Waals surface area contributed by atoms with Gasteiger partial charge in [-0.25, -0.2) is 0 Å². The molecule has 4 rings (SSSR count). The maximum absolute atomic E-state index is 12.8. The fraction of sp³-hybridized carbons (Fsp3) is 0.227. The number of anilines is 1. The molecule has 2 aliphatic rings. The largest absolute Gasteiger partial charge is 0.368 e. The van der Waals surface area contributed by atoms with Crippen molar-refractivity contribution >= 4 is 57.9 Å². The zero-order chi connectivity index (χ0) is 23.5. The lowest BCUT2D eigenvalue weighted by molar-refractivity contribution is -0.384. The number of amides is 3. The number of nitro groups is 1. The van der Waals surface area contributed by atoms with Gasteiger partial charge in [0.05, 0.1) is 9.83 Å². The summed E-state index contributed by atoms with van der Waals surface area (Å²) in [5, 5.41) is 10.5. The summed E-state index contributed by atoms with van der Waals surface area (Å²) in [6, 6.07) is 14.0. The number of rotatable bonds is 5. The van der Waals surface area contributed by atoms with E-state index in [-0.39, 0.29) is 28.1 Å². The van der Waals surface area contributed by atoms with E-state index in [0.717, 1.165) is 10.6 Å². The maximum Gasteiger partial charge on any atom is 0.294 e. The Labute approximate surface area is 198 Å². The molecule has 2 fully saturated rings. The van der Waals surface area contributed by atoms with Crippen LogP contribution in [0.4, 0.5) is 16.2 Å². The Morgan fingerprint density at radius 1 is 1.09 bits per heavy atom. The van der Waals surface area contributed by atoms with Gasteiger partial charge in [-0.1, -0.05) is 35.9 Å². The number of hydrogen-bond acceptors (Lipinski definition) is 7. The first-order valence-electron chi connectivity index (χ1n) is 10.1. The lowest BCUT2D eigenvalue weighted by Crippen LogP contribution is -2.51. The van der Waals surface area contributed by atoms with Crippen LogP contribution < -0.4 is 4.90 Å². The van der Waals surface area contributed by atoms with Crippen molar-refractivity contribution in [2.75, 3.05) is 37.6 Å². The number of imide groups is 1. The normalized spacial score (nSPS) is 17.7. The van der Waals surface area contributed by atoms with Crippen LogP contribution in [0.25, 0.3) is 6.08 Å². The van der Waals surface area contributed by atoms with Crippen molar-refractivity contribution in [3.05, 3.63) is 74.1 Å². The second kappa shape index (κ2) is 9.63. The van der Waals surface area contributed by atoms with E-state index in [4.69, 9.17) is 11.6 Å². The molecule has 33 heavy (non-hydrogen) atoms. The number of hydrogen-bond donors (Lipinski definition) is 0. The van der Waals surface area contributed by atoms with Gasteiger partial charge in [0.1, 0.15) is 11.6 Å².